The molecule has 2 heteroatoms. The highest BCUT2D eigenvalue weighted by Gasteiger charge is 2.21. The molecule has 2 N–H and O–H groups in total. The SMILES string of the molecule is C=CC.CCCc1cc(O)c(C2C=C(C)CCC2)c(O)c1. The zero-order valence-corrected chi connectivity index (χ0v) is 13.5. The first kappa shape index (κ1) is 17.4. The molecule has 1 unspecified atom stereocenters. The molecule has 0 bridgehead atoms. The van der Waals surface area contributed by atoms with Gasteiger partial charge in [0.05, 0.1) is 0 Å². The molecule has 0 aromatic heterocycles. The van der Waals surface area contributed by atoms with Crippen LogP contribution in [0.1, 0.15) is 63.5 Å². The summed E-state index contributed by atoms with van der Waals surface area (Å²) < 4.78 is 0. The minimum Gasteiger partial charge on any atom is -0.507 e. The largest absolute Gasteiger partial charge is 0.507 e. The van der Waals surface area contributed by atoms with Crippen LogP contribution in [-0.2, 0) is 6.42 Å². The average Bonchev–Trinajstić information content (AvgIpc) is 2.39. The van der Waals surface area contributed by atoms with Crippen LogP contribution in [0.4, 0.5) is 0 Å². The van der Waals surface area contributed by atoms with Crippen molar-refractivity contribution >= 4 is 0 Å². The maximum Gasteiger partial charge on any atom is 0.123 e. The molecule has 0 amide bonds. The van der Waals surface area contributed by atoms with E-state index in [4.69, 9.17) is 0 Å². The van der Waals surface area contributed by atoms with Gasteiger partial charge in [-0.3, -0.25) is 0 Å². The highest BCUT2D eigenvalue weighted by atomic mass is 16.3. The quantitative estimate of drug-likeness (QED) is 0.725. The van der Waals surface area contributed by atoms with Crippen LogP contribution < -0.4 is 0 Å². The lowest BCUT2D eigenvalue weighted by Gasteiger charge is -2.22. The fourth-order valence-corrected chi connectivity index (χ4v) is 2.83. The molecule has 0 saturated heterocycles. The van der Waals surface area contributed by atoms with Crippen molar-refractivity contribution in [1.29, 1.82) is 0 Å². The summed E-state index contributed by atoms with van der Waals surface area (Å²) in [7, 11) is 0. The predicted molar refractivity (Wildman–Crippen MR) is 90.0 cm³/mol. The Balaban J connectivity index is 0.000000677. The van der Waals surface area contributed by atoms with Gasteiger partial charge in [-0.2, -0.15) is 0 Å². The average molecular weight is 288 g/mol. The van der Waals surface area contributed by atoms with Crippen molar-refractivity contribution in [2.45, 2.75) is 58.8 Å². The van der Waals surface area contributed by atoms with E-state index in [2.05, 4.69) is 26.5 Å². The van der Waals surface area contributed by atoms with Gasteiger partial charge in [0, 0.05) is 11.5 Å². The molecule has 1 aliphatic carbocycles. The summed E-state index contributed by atoms with van der Waals surface area (Å²) >= 11 is 0. The number of aryl methyl sites for hydroxylation is 1. The third-order valence-electron chi connectivity index (χ3n) is 3.68. The van der Waals surface area contributed by atoms with Crippen molar-refractivity contribution in [3.63, 3.8) is 0 Å². The van der Waals surface area contributed by atoms with E-state index in [1.54, 1.807) is 18.2 Å². The van der Waals surface area contributed by atoms with Crippen molar-refractivity contribution < 1.29 is 10.2 Å². The molecule has 0 radical (unpaired) electrons. The standard InChI is InChI=1S/C16H22O2.C3H6/c1-3-5-12-9-14(17)16(15(18)10-12)13-7-4-6-11(2)8-13;1-3-2/h8-10,13,17-18H,3-7H2,1-2H3;3H,1H2,2H3. The van der Waals surface area contributed by atoms with Crippen molar-refractivity contribution in [2.75, 3.05) is 0 Å². The lowest BCUT2D eigenvalue weighted by atomic mass is 9.84. The number of phenols is 2. The van der Waals surface area contributed by atoms with Gasteiger partial charge in [0.2, 0.25) is 0 Å². The molecule has 1 aromatic carbocycles. The molecule has 1 aromatic rings. The fourth-order valence-electron chi connectivity index (χ4n) is 2.83. The Morgan fingerprint density at radius 3 is 2.33 bits per heavy atom. The van der Waals surface area contributed by atoms with E-state index in [0.717, 1.165) is 37.7 Å². The van der Waals surface area contributed by atoms with Crippen LogP contribution in [0.15, 0.2) is 36.4 Å². The number of phenolic OH excluding ortho intramolecular Hbond substituents is 2. The van der Waals surface area contributed by atoms with Gasteiger partial charge in [0.1, 0.15) is 11.5 Å². The Kier molecular flexibility index (Phi) is 7.07. The first-order chi connectivity index (χ1) is 10.0. The number of rotatable bonds is 3. The van der Waals surface area contributed by atoms with Gasteiger partial charge >= 0.3 is 0 Å². The molecular formula is C19H28O2. The molecule has 0 fully saturated rings. The van der Waals surface area contributed by atoms with Gasteiger partial charge in [0.25, 0.3) is 0 Å². The van der Waals surface area contributed by atoms with E-state index in [0.29, 0.717) is 5.56 Å². The third kappa shape index (κ3) is 4.96. The number of hydrogen-bond acceptors (Lipinski definition) is 2. The smallest absolute Gasteiger partial charge is 0.123 e. The third-order valence-corrected chi connectivity index (χ3v) is 3.68. The summed E-state index contributed by atoms with van der Waals surface area (Å²) in [6.45, 7) is 9.46. The summed E-state index contributed by atoms with van der Waals surface area (Å²) in [5, 5.41) is 20.3. The van der Waals surface area contributed by atoms with E-state index in [-0.39, 0.29) is 17.4 Å². The predicted octanol–water partition coefficient (Wildman–Crippen LogP) is 5.46. The minimum absolute atomic E-state index is 0.162. The summed E-state index contributed by atoms with van der Waals surface area (Å²) in [5.74, 6) is 0.651. The zero-order chi connectivity index (χ0) is 15.8. The van der Waals surface area contributed by atoms with E-state index in [1.165, 1.54) is 5.57 Å². The maximum atomic E-state index is 10.1. The molecule has 21 heavy (non-hydrogen) atoms. The van der Waals surface area contributed by atoms with Gasteiger partial charge < -0.3 is 10.2 Å². The molecule has 0 heterocycles. The zero-order valence-electron chi connectivity index (χ0n) is 13.5. The molecular weight excluding hydrogens is 260 g/mol. The Morgan fingerprint density at radius 2 is 1.86 bits per heavy atom. The number of benzene rings is 1. The van der Waals surface area contributed by atoms with Crippen molar-refractivity contribution in [2.24, 2.45) is 0 Å². The van der Waals surface area contributed by atoms with Gasteiger partial charge in [-0.05, 0) is 57.2 Å². The minimum atomic E-state index is 0.162. The highest BCUT2D eigenvalue weighted by molar-refractivity contribution is 5.50. The van der Waals surface area contributed by atoms with Gasteiger partial charge in [-0.15, -0.1) is 6.58 Å². The van der Waals surface area contributed by atoms with Crippen molar-refractivity contribution in [3.05, 3.63) is 47.6 Å². The van der Waals surface area contributed by atoms with E-state index in [1.807, 2.05) is 6.92 Å². The topological polar surface area (TPSA) is 40.5 Å². The second-order valence-corrected chi connectivity index (χ2v) is 5.72. The Hall–Kier alpha value is -1.70. The van der Waals surface area contributed by atoms with Gasteiger partial charge in [-0.1, -0.05) is 31.1 Å². The molecule has 2 rings (SSSR count). The summed E-state index contributed by atoms with van der Waals surface area (Å²) in [6, 6.07) is 3.60. The molecule has 0 aliphatic heterocycles. The summed E-state index contributed by atoms with van der Waals surface area (Å²) in [6.07, 6.45) is 9.10. The van der Waals surface area contributed by atoms with Gasteiger partial charge in [0.15, 0.2) is 0 Å². The summed E-state index contributed by atoms with van der Waals surface area (Å²) in [5.41, 5.74) is 3.06. The van der Waals surface area contributed by atoms with Crippen molar-refractivity contribution in [1.82, 2.24) is 0 Å². The molecule has 2 nitrogen and oxygen atoms in total. The van der Waals surface area contributed by atoms with E-state index < -0.39 is 0 Å². The van der Waals surface area contributed by atoms with Crippen LogP contribution in [-0.4, -0.2) is 10.2 Å². The van der Waals surface area contributed by atoms with Crippen LogP contribution >= 0.6 is 0 Å². The lowest BCUT2D eigenvalue weighted by molar-refractivity contribution is 0.427. The fraction of sp³-hybridized carbons (Fsp3) is 0.474. The Morgan fingerprint density at radius 1 is 1.29 bits per heavy atom. The second kappa shape index (κ2) is 8.56. The normalized spacial score (nSPS) is 17.5. The van der Waals surface area contributed by atoms with Crippen molar-refractivity contribution in [3.8, 4) is 11.5 Å². The van der Waals surface area contributed by atoms with Crippen LogP contribution in [0.3, 0.4) is 0 Å². The second-order valence-electron chi connectivity index (χ2n) is 5.72. The first-order valence-electron chi connectivity index (χ1n) is 7.82. The summed E-state index contributed by atoms with van der Waals surface area (Å²) in [4.78, 5) is 0. The molecule has 0 saturated carbocycles. The van der Waals surface area contributed by atoms with Crippen LogP contribution in [0.25, 0.3) is 0 Å². The molecule has 1 atom stereocenters. The molecule has 116 valence electrons. The highest BCUT2D eigenvalue weighted by Crippen LogP contribution is 2.41. The van der Waals surface area contributed by atoms with Crippen LogP contribution in [0.5, 0.6) is 11.5 Å². The van der Waals surface area contributed by atoms with Gasteiger partial charge in [-0.25, -0.2) is 0 Å². The molecule has 1 aliphatic rings. The lowest BCUT2D eigenvalue weighted by Crippen LogP contribution is -2.03. The Bertz CT molecular complexity index is 477. The van der Waals surface area contributed by atoms with Crippen LogP contribution in [0.2, 0.25) is 0 Å². The Labute approximate surface area is 128 Å². The number of aromatic hydroxyl groups is 2. The first-order valence-corrected chi connectivity index (χ1v) is 7.82. The number of allylic oxidation sites excluding steroid dienone is 3. The maximum absolute atomic E-state index is 10.1. The monoisotopic (exact) mass is 288 g/mol. The van der Waals surface area contributed by atoms with Crippen LogP contribution in [0, 0.1) is 0 Å². The molecule has 0 spiro atoms. The van der Waals surface area contributed by atoms with E-state index in [9.17, 15) is 10.2 Å². The number of hydrogen-bond donors (Lipinski definition) is 2. The van der Waals surface area contributed by atoms with E-state index >= 15 is 0 Å².